The number of methoxy groups -OCH3 is 1. The Bertz CT molecular complexity index is 181. The summed E-state index contributed by atoms with van der Waals surface area (Å²) in [4.78, 5) is 0. The molecule has 1 heterocycles. The fourth-order valence-corrected chi connectivity index (χ4v) is 2.59. The normalized spacial score (nSPS) is 23.8. The van der Waals surface area contributed by atoms with Gasteiger partial charge < -0.3 is 14.8 Å². The number of nitrogens with one attached hydrogen (secondary N) is 1. The van der Waals surface area contributed by atoms with Crippen molar-refractivity contribution in [2.24, 2.45) is 5.92 Å². The highest BCUT2D eigenvalue weighted by molar-refractivity contribution is 4.76. The third-order valence-corrected chi connectivity index (χ3v) is 3.75. The number of rotatable bonds is 9. The molecule has 1 aliphatic rings. The molecule has 0 aliphatic carbocycles. The molecule has 0 saturated carbocycles. The van der Waals surface area contributed by atoms with Gasteiger partial charge in [-0.05, 0) is 44.6 Å². The van der Waals surface area contributed by atoms with Gasteiger partial charge in [0.2, 0.25) is 0 Å². The first-order valence-corrected chi connectivity index (χ1v) is 7.11. The first kappa shape index (κ1) is 14.9. The minimum atomic E-state index is 0.519. The molecule has 3 heteroatoms. The van der Waals surface area contributed by atoms with Crippen molar-refractivity contribution in [2.75, 3.05) is 26.9 Å². The molecule has 1 N–H and O–H groups in total. The highest BCUT2D eigenvalue weighted by atomic mass is 16.5. The lowest BCUT2D eigenvalue weighted by Gasteiger charge is -2.25. The average molecular weight is 243 g/mol. The van der Waals surface area contributed by atoms with Crippen LogP contribution in [0.3, 0.4) is 0 Å². The summed E-state index contributed by atoms with van der Waals surface area (Å²) in [6.45, 7) is 7.39. The minimum absolute atomic E-state index is 0.519. The van der Waals surface area contributed by atoms with Crippen LogP contribution in [0.2, 0.25) is 0 Å². The second kappa shape index (κ2) is 8.90. The van der Waals surface area contributed by atoms with Gasteiger partial charge in [-0.3, -0.25) is 0 Å². The summed E-state index contributed by atoms with van der Waals surface area (Å²) in [6.07, 6.45) is 6.59. The highest BCUT2D eigenvalue weighted by Gasteiger charge is 2.20. The maximum Gasteiger partial charge on any atom is 0.0576 e. The van der Waals surface area contributed by atoms with Crippen molar-refractivity contribution >= 4 is 0 Å². The van der Waals surface area contributed by atoms with Gasteiger partial charge in [0.25, 0.3) is 0 Å². The monoisotopic (exact) mass is 243 g/mol. The quantitative estimate of drug-likeness (QED) is 0.675. The first-order chi connectivity index (χ1) is 8.27. The summed E-state index contributed by atoms with van der Waals surface area (Å²) < 4.78 is 10.9. The highest BCUT2D eigenvalue weighted by Crippen LogP contribution is 2.21. The van der Waals surface area contributed by atoms with Crippen molar-refractivity contribution in [1.29, 1.82) is 0 Å². The summed E-state index contributed by atoms with van der Waals surface area (Å²) in [7, 11) is 1.78. The molecule has 1 rings (SSSR count). The molecule has 0 aromatic heterocycles. The van der Waals surface area contributed by atoms with Gasteiger partial charge in [-0.1, -0.05) is 13.8 Å². The van der Waals surface area contributed by atoms with E-state index in [0.29, 0.717) is 18.1 Å². The van der Waals surface area contributed by atoms with Crippen molar-refractivity contribution in [3.63, 3.8) is 0 Å². The molecule has 0 bridgehead atoms. The molecule has 17 heavy (non-hydrogen) atoms. The van der Waals surface area contributed by atoms with E-state index in [1.165, 1.54) is 25.7 Å². The largest absolute Gasteiger partial charge is 0.385 e. The molecule has 1 aliphatic heterocycles. The summed E-state index contributed by atoms with van der Waals surface area (Å²) >= 11 is 0. The van der Waals surface area contributed by atoms with E-state index >= 15 is 0 Å². The minimum Gasteiger partial charge on any atom is -0.385 e. The molecule has 0 spiro atoms. The van der Waals surface area contributed by atoms with Gasteiger partial charge in [0.1, 0.15) is 0 Å². The average Bonchev–Trinajstić information content (AvgIpc) is 2.84. The van der Waals surface area contributed by atoms with E-state index in [4.69, 9.17) is 9.47 Å². The Labute approximate surface area is 106 Å². The second-order valence-corrected chi connectivity index (χ2v) is 5.14. The van der Waals surface area contributed by atoms with E-state index in [2.05, 4.69) is 19.2 Å². The number of hydrogen-bond acceptors (Lipinski definition) is 3. The van der Waals surface area contributed by atoms with E-state index in [0.717, 1.165) is 26.2 Å². The smallest absolute Gasteiger partial charge is 0.0576 e. The Morgan fingerprint density at radius 3 is 2.82 bits per heavy atom. The van der Waals surface area contributed by atoms with Crippen LogP contribution in [-0.2, 0) is 9.47 Å². The summed E-state index contributed by atoms with van der Waals surface area (Å²) in [5, 5.41) is 3.60. The second-order valence-electron chi connectivity index (χ2n) is 5.14. The predicted octanol–water partition coefficient (Wildman–Crippen LogP) is 2.60. The maximum absolute atomic E-state index is 5.69. The van der Waals surface area contributed by atoms with Crippen LogP contribution in [0.1, 0.15) is 46.0 Å². The van der Waals surface area contributed by atoms with Gasteiger partial charge in [0.15, 0.2) is 0 Å². The third kappa shape index (κ3) is 5.84. The SMILES string of the molecule is CCNC(CCC1CCCO1)C(C)CCOC. The van der Waals surface area contributed by atoms with Crippen molar-refractivity contribution in [3.8, 4) is 0 Å². The van der Waals surface area contributed by atoms with Crippen LogP contribution in [0.25, 0.3) is 0 Å². The lowest BCUT2D eigenvalue weighted by Crippen LogP contribution is -2.36. The summed E-state index contributed by atoms with van der Waals surface area (Å²) in [5.41, 5.74) is 0. The lowest BCUT2D eigenvalue weighted by molar-refractivity contribution is 0.0958. The molecule has 3 atom stereocenters. The van der Waals surface area contributed by atoms with Crippen LogP contribution in [0.5, 0.6) is 0 Å². The summed E-state index contributed by atoms with van der Waals surface area (Å²) in [5.74, 6) is 0.677. The van der Waals surface area contributed by atoms with Crippen molar-refractivity contribution in [2.45, 2.75) is 58.1 Å². The summed E-state index contributed by atoms with van der Waals surface area (Å²) in [6, 6.07) is 0.611. The molecule has 0 amide bonds. The number of ether oxygens (including phenoxy) is 2. The zero-order valence-electron chi connectivity index (χ0n) is 11.7. The first-order valence-electron chi connectivity index (χ1n) is 7.11. The molecule has 1 fully saturated rings. The molecular weight excluding hydrogens is 214 g/mol. The Balaban J connectivity index is 2.25. The van der Waals surface area contributed by atoms with Gasteiger partial charge in [-0.2, -0.15) is 0 Å². The van der Waals surface area contributed by atoms with Gasteiger partial charge >= 0.3 is 0 Å². The molecule has 0 radical (unpaired) electrons. The van der Waals surface area contributed by atoms with Gasteiger partial charge in [0.05, 0.1) is 6.10 Å². The van der Waals surface area contributed by atoms with Crippen LogP contribution in [0.15, 0.2) is 0 Å². The molecule has 1 saturated heterocycles. The Hall–Kier alpha value is -0.120. The van der Waals surface area contributed by atoms with Gasteiger partial charge in [-0.25, -0.2) is 0 Å². The Morgan fingerprint density at radius 1 is 1.41 bits per heavy atom. The molecule has 3 nitrogen and oxygen atoms in total. The Morgan fingerprint density at radius 2 is 2.24 bits per heavy atom. The van der Waals surface area contributed by atoms with Gasteiger partial charge in [0, 0.05) is 26.4 Å². The maximum atomic E-state index is 5.69. The lowest BCUT2D eigenvalue weighted by atomic mass is 9.93. The van der Waals surface area contributed by atoms with E-state index in [1.807, 2.05) is 0 Å². The zero-order chi connectivity index (χ0) is 12.5. The van der Waals surface area contributed by atoms with Crippen molar-refractivity contribution < 1.29 is 9.47 Å². The van der Waals surface area contributed by atoms with Crippen molar-refractivity contribution in [3.05, 3.63) is 0 Å². The fourth-order valence-electron chi connectivity index (χ4n) is 2.59. The van der Waals surface area contributed by atoms with Crippen LogP contribution < -0.4 is 5.32 Å². The van der Waals surface area contributed by atoms with Crippen LogP contribution in [0.4, 0.5) is 0 Å². The predicted molar refractivity (Wildman–Crippen MR) is 71.3 cm³/mol. The number of hydrogen-bond donors (Lipinski definition) is 1. The van der Waals surface area contributed by atoms with Crippen LogP contribution in [-0.4, -0.2) is 39.0 Å². The van der Waals surface area contributed by atoms with E-state index in [1.54, 1.807) is 7.11 Å². The Kier molecular flexibility index (Phi) is 7.82. The molecular formula is C14H29NO2. The van der Waals surface area contributed by atoms with Crippen molar-refractivity contribution in [1.82, 2.24) is 5.32 Å². The zero-order valence-corrected chi connectivity index (χ0v) is 11.7. The van der Waals surface area contributed by atoms with Crippen LogP contribution in [0, 0.1) is 5.92 Å². The van der Waals surface area contributed by atoms with E-state index in [-0.39, 0.29) is 0 Å². The molecule has 102 valence electrons. The molecule has 3 unspecified atom stereocenters. The molecule has 0 aromatic carbocycles. The van der Waals surface area contributed by atoms with E-state index in [9.17, 15) is 0 Å². The van der Waals surface area contributed by atoms with E-state index < -0.39 is 0 Å². The topological polar surface area (TPSA) is 30.5 Å². The third-order valence-electron chi connectivity index (χ3n) is 3.75. The van der Waals surface area contributed by atoms with Crippen LogP contribution >= 0.6 is 0 Å². The standard InChI is InChI=1S/C14H29NO2/c1-4-15-14(12(2)9-11-16-3)8-7-13-6-5-10-17-13/h12-15H,4-11H2,1-3H3. The van der Waals surface area contributed by atoms with Gasteiger partial charge in [-0.15, -0.1) is 0 Å². The molecule has 0 aromatic rings. The fraction of sp³-hybridized carbons (Fsp3) is 1.00.